The summed E-state index contributed by atoms with van der Waals surface area (Å²) in [5.41, 5.74) is 7.82. The van der Waals surface area contributed by atoms with Crippen molar-refractivity contribution in [2.75, 3.05) is 24.5 Å². The van der Waals surface area contributed by atoms with E-state index >= 15 is 0 Å². The van der Waals surface area contributed by atoms with Crippen molar-refractivity contribution in [2.45, 2.75) is 19.8 Å². The molecule has 2 heterocycles. The number of nitrogens with two attached hydrogens (primary N) is 1. The van der Waals surface area contributed by atoms with Gasteiger partial charge in [0.25, 0.3) is 0 Å². The van der Waals surface area contributed by atoms with Crippen molar-refractivity contribution in [1.29, 1.82) is 0 Å². The van der Waals surface area contributed by atoms with Crippen molar-refractivity contribution in [3.05, 3.63) is 28.8 Å². The predicted molar refractivity (Wildman–Crippen MR) is 85.6 cm³/mol. The van der Waals surface area contributed by atoms with Gasteiger partial charge >= 0.3 is 0 Å². The molecule has 6 heteroatoms. The van der Waals surface area contributed by atoms with E-state index in [4.69, 9.17) is 17.3 Å². The van der Waals surface area contributed by atoms with Crippen LogP contribution in [0, 0.1) is 12.8 Å². The van der Waals surface area contributed by atoms with Gasteiger partial charge in [-0.1, -0.05) is 11.6 Å². The lowest BCUT2D eigenvalue weighted by atomic mass is 9.99. The zero-order chi connectivity index (χ0) is 14.8. The van der Waals surface area contributed by atoms with Gasteiger partial charge in [0, 0.05) is 23.7 Å². The third-order valence-electron chi connectivity index (χ3n) is 4.04. The minimum absolute atomic E-state index is 0.540. The van der Waals surface area contributed by atoms with Gasteiger partial charge < -0.3 is 10.6 Å². The van der Waals surface area contributed by atoms with Crippen LogP contribution in [0.1, 0.15) is 18.4 Å². The topological polar surface area (TPSA) is 70.8 Å². The molecule has 0 spiro atoms. The van der Waals surface area contributed by atoms with Crippen LogP contribution >= 0.6 is 11.6 Å². The first-order chi connectivity index (χ1) is 10.2. The van der Waals surface area contributed by atoms with Crippen LogP contribution in [0.2, 0.25) is 5.02 Å². The van der Waals surface area contributed by atoms with Crippen molar-refractivity contribution in [2.24, 2.45) is 11.7 Å². The van der Waals surface area contributed by atoms with E-state index < -0.39 is 0 Å². The monoisotopic (exact) mass is 305 g/mol. The van der Waals surface area contributed by atoms with E-state index in [0.717, 1.165) is 54.0 Å². The molecule has 1 fully saturated rings. The molecular formula is C15H20ClN5. The second kappa shape index (κ2) is 6.03. The van der Waals surface area contributed by atoms with Crippen molar-refractivity contribution in [3.63, 3.8) is 0 Å². The van der Waals surface area contributed by atoms with Gasteiger partial charge in [-0.3, -0.25) is 5.10 Å². The van der Waals surface area contributed by atoms with Crippen molar-refractivity contribution < 1.29 is 0 Å². The van der Waals surface area contributed by atoms with Gasteiger partial charge in [0.15, 0.2) is 5.82 Å². The highest BCUT2D eigenvalue weighted by Crippen LogP contribution is 2.25. The smallest absolute Gasteiger partial charge is 0.245 e. The van der Waals surface area contributed by atoms with Gasteiger partial charge in [-0.2, -0.15) is 4.98 Å². The van der Waals surface area contributed by atoms with E-state index in [0.29, 0.717) is 5.92 Å². The summed E-state index contributed by atoms with van der Waals surface area (Å²) in [5.74, 6) is 2.08. The number of rotatable bonds is 3. The van der Waals surface area contributed by atoms with Gasteiger partial charge in [0.2, 0.25) is 5.95 Å². The molecule has 3 rings (SSSR count). The van der Waals surface area contributed by atoms with Gasteiger partial charge in [-0.15, -0.1) is 5.10 Å². The average molecular weight is 306 g/mol. The number of hydrogen-bond acceptors (Lipinski definition) is 4. The first-order valence-corrected chi connectivity index (χ1v) is 7.69. The fourth-order valence-electron chi connectivity index (χ4n) is 2.75. The van der Waals surface area contributed by atoms with E-state index in [1.165, 1.54) is 6.42 Å². The maximum Gasteiger partial charge on any atom is 0.245 e. The van der Waals surface area contributed by atoms with Crippen LogP contribution in [-0.2, 0) is 0 Å². The average Bonchev–Trinajstić information content (AvgIpc) is 3.00. The molecule has 1 atom stereocenters. The zero-order valence-electron chi connectivity index (χ0n) is 12.1. The number of nitrogens with zero attached hydrogens (tertiary/aromatic N) is 3. The van der Waals surface area contributed by atoms with E-state index in [9.17, 15) is 0 Å². The summed E-state index contributed by atoms with van der Waals surface area (Å²) in [5, 5.41) is 8.14. The Morgan fingerprint density at radius 1 is 1.48 bits per heavy atom. The Balaban J connectivity index is 1.81. The number of halogens is 1. The summed E-state index contributed by atoms with van der Waals surface area (Å²) in [6.07, 6.45) is 2.34. The maximum atomic E-state index is 6.06. The van der Waals surface area contributed by atoms with Crippen LogP contribution in [0.25, 0.3) is 11.4 Å². The maximum absolute atomic E-state index is 6.06. The summed E-state index contributed by atoms with van der Waals surface area (Å²) in [6, 6.07) is 5.86. The van der Waals surface area contributed by atoms with Crippen LogP contribution in [-0.4, -0.2) is 34.8 Å². The molecule has 112 valence electrons. The molecule has 0 radical (unpaired) electrons. The number of piperidine rings is 1. The third kappa shape index (κ3) is 3.04. The Labute approximate surface area is 129 Å². The van der Waals surface area contributed by atoms with E-state index in [-0.39, 0.29) is 0 Å². The normalized spacial score (nSPS) is 19.0. The summed E-state index contributed by atoms with van der Waals surface area (Å²) >= 11 is 6.06. The first-order valence-electron chi connectivity index (χ1n) is 7.31. The fourth-order valence-corrected chi connectivity index (χ4v) is 2.87. The van der Waals surface area contributed by atoms with Crippen LogP contribution in [0.5, 0.6) is 0 Å². The number of aryl methyl sites for hydroxylation is 1. The molecular weight excluding hydrogens is 286 g/mol. The summed E-state index contributed by atoms with van der Waals surface area (Å²) in [6.45, 7) is 4.64. The molecule has 1 saturated heterocycles. The zero-order valence-corrected chi connectivity index (χ0v) is 12.9. The number of nitrogens with one attached hydrogen (secondary N) is 1. The number of benzene rings is 1. The molecule has 0 amide bonds. The van der Waals surface area contributed by atoms with E-state index in [1.807, 2.05) is 25.1 Å². The summed E-state index contributed by atoms with van der Waals surface area (Å²) in [4.78, 5) is 6.83. The van der Waals surface area contributed by atoms with Gasteiger partial charge in [0.05, 0.1) is 0 Å². The molecule has 1 aliphatic heterocycles. The Bertz CT molecular complexity index is 624. The highest BCUT2D eigenvalue weighted by molar-refractivity contribution is 6.31. The molecule has 1 aliphatic rings. The Morgan fingerprint density at radius 3 is 3.10 bits per heavy atom. The molecule has 0 bridgehead atoms. The van der Waals surface area contributed by atoms with Crippen LogP contribution in [0.3, 0.4) is 0 Å². The van der Waals surface area contributed by atoms with Crippen LogP contribution in [0.4, 0.5) is 5.95 Å². The second-order valence-corrected chi connectivity index (χ2v) is 6.05. The Kier molecular flexibility index (Phi) is 4.12. The van der Waals surface area contributed by atoms with Crippen molar-refractivity contribution in [1.82, 2.24) is 15.2 Å². The molecule has 1 aromatic carbocycles. The van der Waals surface area contributed by atoms with Gasteiger partial charge in [-0.25, -0.2) is 0 Å². The highest BCUT2D eigenvalue weighted by Gasteiger charge is 2.22. The number of hydrogen-bond donors (Lipinski definition) is 2. The quantitative estimate of drug-likeness (QED) is 0.914. The lowest BCUT2D eigenvalue weighted by Gasteiger charge is -2.31. The lowest BCUT2D eigenvalue weighted by Crippen LogP contribution is -2.38. The fraction of sp³-hybridized carbons (Fsp3) is 0.467. The number of aromatic nitrogens is 3. The molecule has 1 aromatic heterocycles. The number of H-pyrrole nitrogens is 1. The molecule has 2 aromatic rings. The van der Waals surface area contributed by atoms with Crippen LogP contribution in [0.15, 0.2) is 18.2 Å². The second-order valence-electron chi connectivity index (χ2n) is 5.64. The first kappa shape index (κ1) is 14.4. The molecule has 5 nitrogen and oxygen atoms in total. The summed E-state index contributed by atoms with van der Waals surface area (Å²) < 4.78 is 0. The highest BCUT2D eigenvalue weighted by atomic mass is 35.5. The lowest BCUT2D eigenvalue weighted by molar-refractivity contribution is 0.420. The van der Waals surface area contributed by atoms with Gasteiger partial charge in [-0.05, 0) is 56.0 Å². The SMILES string of the molecule is Cc1cc(-c2nc(N3CCCC(CN)C3)n[nH]2)ccc1Cl. The number of anilines is 1. The third-order valence-corrected chi connectivity index (χ3v) is 4.46. The minimum atomic E-state index is 0.540. The predicted octanol–water partition coefficient (Wildman–Crippen LogP) is 2.61. The van der Waals surface area contributed by atoms with Crippen molar-refractivity contribution >= 4 is 17.5 Å². The Morgan fingerprint density at radius 2 is 2.33 bits per heavy atom. The van der Waals surface area contributed by atoms with Crippen molar-refractivity contribution in [3.8, 4) is 11.4 Å². The van der Waals surface area contributed by atoms with E-state index in [1.54, 1.807) is 0 Å². The largest absolute Gasteiger partial charge is 0.339 e. The Hall–Kier alpha value is -1.59. The minimum Gasteiger partial charge on any atom is -0.339 e. The summed E-state index contributed by atoms with van der Waals surface area (Å²) in [7, 11) is 0. The molecule has 0 saturated carbocycles. The molecule has 1 unspecified atom stereocenters. The van der Waals surface area contributed by atoms with Crippen LogP contribution < -0.4 is 10.6 Å². The standard InChI is InChI=1S/C15H20ClN5/c1-10-7-12(4-5-13(10)16)14-18-15(20-19-14)21-6-2-3-11(8-17)9-21/h4-5,7,11H,2-3,6,8-9,17H2,1H3,(H,18,19,20). The van der Waals surface area contributed by atoms with E-state index in [2.05, 4.69) is 20.1 Å². The van der Waals surface area contributed by atoms with Gasteiger partial charge in [0.1, 0.15) is 0 Å². The molecule has 21 heavy (non-hydrogen) atoms. The number of aromatic amines is 1. The molecule has 3 N–H and O–H groups in total. The molecule has 0 aliphatic carbocycles.